The highest BCUT2D eigenvalue weighted by atomic mass is 16.6. The number of nitrogens with one attached hydrogen (secondary N) is 2. The molecule has 0 aromatic heterocycles. The molecule has 21 heavy (non-hydrogen) atoms. The summed E-state index contributed by atoms with van der Waals surface area (Å²) in [5.74, 6) is -0.455. The maximum Gasteiger partial charge on any atom is 0.269 e. The molecule has 2 rings (SSSR count). The summed E-state index contributed by atoms with van der Waals surface area (Å²) >= 11 is 0. The van der Waals surface area contributed by atoms with E-state index in [0.29, 0.717) is 5.56 Å². The maximum absolute atomic E-state index is 12.3. The SMILES string of the molecule is CC(C(=O)NC1CCCNCC1)c1cccc([N+](=O)[O-])c1. The molecule has 114 valence electrons. The summed E-state index contributed by atoms with van der Waals surface area (Å²) in [6.45, 7) is 3.69. The van der Waals surface area contributed by atoms with Gasteiger partial charge in [-0.1, -0.05) is 12.1 Å². The standard InChI is InChI=1S/C15H21N3O3/c1-11(12-4-2-6-14(10-12)18(20)21)15(19)17-13-5-3-8-16-9-7-13/h2,4,6,10-11,13,16H,3,5,7-9H2,1H3,(H,17,19). The molecule has 1 aliphatic heterocycles. The molecule has 6 heteroatoms. The zero-order valence-corrected chi connectivity index (χ0v) is 12.2. The number of hydrogen-bond donors (Lipinski definition) is 2. The van der Waals surface area contributed by atoms with E-state index in [1.807, 2.05) is 0 Å². The van der Waals surface area contributed by atoms with Gasteiger partial charge in [0.15, 0.2) is 0 Å². The van der Waals surface area contributed by atoms with Gasteiger partial charge in [-0.3, -0.25) is 14.9 Å². The predicted octanol–water partition coefficient (Wildman–Crippen LogP) is 1.96. The van der Waals surface area contributed by atoms with Crippen LogP contribution >= 0.6 is 0 Å². The van der Waals surface area contributed by atoms with Crippen molar-refractivity contribution >= 4 is 11.6 Å². The van der Waals surface area contributed by atoms with E-state index in [2.05, 4.69) is 10.6 Å². The molecule has 1 amide bonds. The van der Waals surface area contributed by atoms with Gasteiger partial charge >= 0.3 is 0 Å². The van der Waals surface area contributed by atoms with Crippen molar-refractivity contribution in [2.75, 3.05) is 13.1 Å². The van der Waals surface area contributed by atoms with Gasteiger partial charge in [0.05, 0.1) is 10.8 Å². The van der Waals surface area contributed by atoms with Crippen LogP contribution in [0.4, 0.5) is 5.69 Å². The highest BCUT2D eigenvalue weighted by Crippen LogP contribution is 2.21. The van der Waals surface area contributed by atoms with Crippen molar-refractivity contribution in [2.24, 2.45) is 0 Å². The number of carbonyl (C=O) groups excluding carboxylic acids is 1. The van der Waals surface area contributed by atoms with Crippen LogP contribution in [0.25, 0.3) is 0 Å². The lowest BCUT2D eigenvalue weighted by atomic mass is 9.98. The minimum Gasteiger partial charge on any atom is -0.353 e. The Hall–Kier alpha value is -1.95. The van der Waals surface area contributed by atoms with Gasteiger partial charge in [-0.25, -0.2) is 0 Å². The smallest absolute Gasteiger partial charge is 0.269 e. The Morgan fingerprint density at radius 1 is 1.43 bits per heavy atom. The van der Waals surface area contributed by atoms with E-state index in [-0.39, 0.29) is 23.6 Å². The lowest BCUT2D eigenvalue weighted by Crippen LogP contribution is -2.37. The van der Waals surface area contributed by atoms with Crippen LogP contribution in [0.5, 0.6) is 0 Å². The highest BCUT2D eigenvalue weighted by molar-refractivity contribution is 5.83. The fraction of sp³-hybridized carbons (Fsp3) is 0.533. The van der Waals surface area contributed by atoms with Crippen LogP contribution in [0.15, 0.2) is 24.3 Å². The van der Waals surface area contributed by atoms with E-state index in [4.69, 9.17) is 0 Å². The van der Waals surface area contributed by atoms with Crippen LogP contribution in [0.2, 0.25) is 0 Å². The van der Waals surface area contributed by atoms with Crippen LogP contribution in [0, 0.1) is 10.1 Å². The van der Waals surface area contributed by atoms with Gasteiger partial charge in [-0.05, 0) is 44.8 Å². The first kappa shape index (κ1) is 15.4. The Morgan fingerprint density at radius 3 is 3.00 bits per heavy atom. The number of nitro benzene ring substituents is 1. The fourth-order valence-electron chi connectivity index (χ4n) is 2.55. The average Bonchev–Trinajstić information content (AvgIpc) is 2.75. The van der Waals surface area contributed by atoms with Crippen LogP contribution in [-0.2, 0) is 4.79 Å². The lowest BCUT2D eigenvalue weighted by Gasteiger charge is -2.19. The third-order valence-electron chi connectivity index (χ3n) is 3.90. The number of hydrogen-bond acceptors (Lipinski definition) is 4. The number of rotatable bonds is 4. The van der Waals surface area contributed by atoms with Gasteiger partial charge in [-0.15, -0.1) is 0 Å². The number of nitro groups is 1. The van der Waals surface area contributed by atoms with E-state index in [1.54, 1.807) is 19.1 Å². The molecular formula is C15H21N3O3. The zero-order chi connectivity index (χ0) is 15.2. The Kier molecular flexibility index (Phi) is 5.27. The molecule has 2 atom stereocenters. The molecule has 0 spiro atoms. The van der Waals surface area contributed by atoms with Gasteiger partial charge in [-0.2, -0.15) is 0 Å². The molecule has 0 saturated carbocycles. The van der Waals surface area contributed by atoms with Gasteiger partial charge < -0.3 is 10.6 Å². The molecule has 2 unspecified atom stereocenters. The normalized spacial score (nSPS) is 20.3. The van der Waals surface area contributed by atoms with Crippen molar-refractivity contribution < 1.29 is 9.72 Å². The highest BCUT2D eigenvalue weighted by Gasteiger charge is 2.21. The fourth-order valence-corrected chi connectivity index (χ4v) is 2.55. The lowest BCUT2D eigenvalue weighted by molar-refractivity contribution is -0.384. The summed E-state index contributed by atoms with van der Waals surface area (Å²) in [5, 5.41) is 17.2. The molecular weight excluding hydrogens is 270 g/mol. The second-order valence-electron chi connectivity index (χ2n) is 5.46. The summed E-state index contributed by atoms with van der Waals surface area (Å²) in [6, 6.07) is 6.47. The van der Waals surface area contributed by atoms with Crippen LogP contribution < -0.4 is 10.6 Å². The quantitative estimate of drug-likeness (QED) is 0.656. The third kappa shape index (κ3) is 4.26. The largest absolute Gasteiger partial charge is 0.353 e. The topological polar surface area (TPSA) is 84.3 Å². The van der Waals surface area contributed by atoms with E-state index < -0.39 is 4.92 Å². The van der Waals surface area contributed by atoms with Gasteiger partial charge in [0.25, 0.3) is 5.69 Å². The van der Waals surface area contributed by atoms with E-state index in [9.17, 15) is 14.9 Å². The predicted molar refractivity (Wildman–Crippen MR) is 80.2 cm³/mol. The van der Waals surface area contributed by atoms with Crippen LogP contribution in [0.1, 0.15) is 37.7 Å². The summed E-state index contributed by atoms with van der Waals surface area (Å²) in [6.07, 6.45) is 2.95. The van der Waals surface area contributed by atoms with Crippen molar-refractivity contribution in [2.45, 2.75) is 38.1 Å². The average molecular weight is 291 g/mol. The Balaban J connectivity index is 2.01. The summed E-state index contributed by atoms with van der Waals surface area (Å²) in [4.78, 5) is 22.7. The summed E-state index contributed by atoms with van der Waals surface area (Å²) in [5.41, 5.74) is 0.694. The zero-order valence-electron chi connectivity index (χ0n) is 12.2. The second-order valence-corrected chi connectivity index (χ2v) is 5.46. The van der Waals surface area contributed by atoms with Gasteiger partial charge in [0.1, 0.15) is 0 Å². The van der Waals surface area contributed by atoms with E-state index in [0.717, 1.165) is 32.4 Å². The molecule has 1 fully saturated rings. The Bertz CT molecular complexity index is 511. The minimum absolute atomic E-state index is 0.0193. The van der Waals surface area contributed by atoms with E-state index in [1.165, 1.54) is 12.1 Å². The molecule has 0 bridgehead atoms. The minimum atomic E-state index is -0.439. The van der Waals surface area contributed by atoms with Gasteiger partial charge in [0.2, 0.25) is 5.91 Å². The van der Waals surface area contributed by atoms with Gasteiger partial charge in [0, 0.05) is 18.2 Å². The first-order valence-corrected chi connectivity index (χ1v) is 7.33. The molecule has 1 saturated heterocycles. The van der Waals surface area contributed by atoms with Crippen LogP contribution in [-0.4, -0.2) is 30.0 Å². The molecule has 1 heterocycles. The Labute approximate surface area is 124 Å². The first-order valence-electron chi connectivity index (χ1n) is 7.33. The summed E-state index contributed by atoms with van der Waals surface area (Å²) in [7, 11) is 0. The number of benzene rings is 1. The Morgan fingerprint density at radius 2 is 2.24 bits per heavy atom. The van der Waals surface area contributed by atoms with Crippen molar-refractivity contribution in [3.63, 3.8) is 0 Å². The van der Waals surface area contributed by atoms with Crippen LogP contribution in [0.3, 0.4) is 0 Å². The second kappa shape index (κ2) is 7.17. The first-order chi connectivity index (χ1) is 10.1. The van der Waals surface area contributed by atoms with Crippen molar-refractivity contribution in [3.05, 3.63) is 39.9 Å². The monoisotopic (exact) mass is 291 g/mol. The van der Waals surface area contributed by atoms with Crippen molar-refractivity contribution in [3.8, 4) is 0 Å². The number of nitrogens with zero attached hydrogens (tertiary/aromatic N) is 1. The molecule has 1 aromatic carbocycles. The van der Waals surface area contributed by atoms with E-state index >= 15 is 0 Å². The molecule has 6 nitrogen and oxygen atoms in total. The number of carbonyl (C=O) groups is 1. The molecule has 0 aliphatic carbocycles. The molecule has 1 aromatic rings. The van der Waals surface area contributed by atoms with Crippen molar-refractivity contribution in [1.29, 1.82) is 0 Å². The summed E-state index contributed by atoms with van der Waals surface area (Å²) < 4.78 is 0. The molecule has 0 radical (unpaired) electrons. The number of non-ortho nitro benzene ring substituents is 1. The third-order valence-corrected chi connectivity index (χ3v) is 3.90. The number of amides is 1. The van der Waals surface area contributed by atoms with Crippen molar-refractivity contribution in [1.82, 2.24) is 10.6 Å². The molecule has 2 N–H and O–H groups in total. The molecule has 1 aliphatic rings. The maximum atomic E-state index is 12.3.